The summed E-state index contributed by atoms with van der Waals surface area (Å²) >= 11 is 6.55. The van der Waals surface area contributed by atoms with Crippen LogP contribution < -0.4 is 15.8 Å². The molecule has 214 valence electrons. The number of amides is 2. The maximum atomic E-state index is 13.9. The molecule has 0 unspecified atom stereocenters. The zero-order valence-corrected chi connectivity index (χ0v) is 23.4. The maximum absolute atomic E-state index is 13.9. The predicted octanol–water partition coefficient (Wildman–Crippen LogP) is 3.30. The minimum atomic E-state index is -1.07. The Bertz CT molecular complexity index is 1710. The normalized spacial score (nSPS) is 17.8. The van der Waals surface area contributed by atoms with Gasteiger partial charge < -0.3 is 34.1 Å². The van der Waals surface area contributed by atoms with Crippen molar-refractivity contribution in [3.8, 4) is 0 Å². The quantitative estimate of drug-likeness (QED) is 0.373. The molecule has 2 saturated heterocycles. The van der Waals surface area contributed by atoms with E-state index in [1.165, 1.54) is 0 Å². The van der Waals surface area contributed by atoms with Crippen LogP contribution in [0.5, 0.6) is 0 Å². The lowest BCUT2D eigenvalue weighted by Crippen LogP contribution is -2.48. The van der Waals surface area contributed by atoms with Gasteiger partial charge in [0.1, 0.15) is 11.0 Å². The third-order valence-electron chi connectivity index (χ3n) is 7.93. The molecule has 1 atom stereocenters. The number of morpholine rings is 1. The Morgan fingerprint density at radius 3 is 2.68 bits per heavy atom. The van der Waals surface area contributed by atoms with E-state index in [1.54, 1.807) is 34.7 Å². The van der Waals surface area contributed by atoms with Crippen LogP contribution in [-0.2, 0) is 18.3 Å². The van der Waals surface area contributed by atoms with Crippen LogP contribution in [0.3, 0.4) is 0 Å². The Labute approximate surface area is 240 Å². The number of piperidine rings is 1. The fourth-order valence-electron chi connectivity index (χ4n) is 5.85. The molecule has 2 aliphatic heterocycles. The number of carbonyl (C=O) groups excluding carboxylic acids is 1. The molecule has 6 rings (SSSR count). The average Bonchev–Trinajstić information content (AvgIpc) is 3.36. The second-order valence-corrected chi connectivity index (χ2v) is 10.9. The number of pyridine rings is 1. The molecule has 11 nitrogen and oxygen atoms in total. The van der Waals surface area contributed by atoms with Gasteiger partial charge in [0.15, 0.2) is 0 Å². The lowest BCUT2D eigenvalue weighted by molar-refractivity contribution is 0.0303. The van der Waals surface area contributed by atoms with Gasteiger partial charge in [-0.2, -0.15) is 0 Å². The van der Waals surface area contributed by atoms with Crippen molar-refractivity contribution in [1.82, 2.24) is 24.3 Å². The van der Waals surface area contributed by atoms with Crippen LogP contribution >= 0.6 is 11.6 Å². The highest BCUT2D eigenvalue weighted by Crippen LogP contribution is 2.31. The summed E-state index contributed by atoms with van der Waals surface area (Å²) < 4.78 is 8.86. The molecule has 4 heterocycles. The van der Waals surface area contributed by atoms with Crippen molar-refractivity contribution >= 4 is 51.5 Å². The van der Waals surface area contributed by atoms with Crippen molar-refractivity contribution in [3.63, 3.8) is 0 Å². The van der Waals surface area contributed by atoms with E-state index in [-0.39, 0.29) is 17.5 Å². The molecule has 0 bridgehead atoms. The van der Waals surface area contributed by atoms with Crippen molar-refractivity contribution in [2.24, 2.45) is 7.05 Å². The van der Waals surface area contributed by atoms with E-state index in [1.807, 2.05) is 33.7 Å². The fraction of sp³-hybridized carbons (Fsp3) is 0.379. The summed E-state index contributed by atoms with van der Waals surface area (Å²) in [6, 6.07) is 12.6. The highest BCUT2D eigenvalue weighted by atomic mass is 35.5. The highest BCUT2D eigenvalue weighted by molar-refractivity contribution is 6.31. The van der Waals surface area contributed by atoms with Gasteiger partial charge >= 0.3 is 6.09 Å². The van der Waals surface area contributed by atoms with Gasteiger partial charge in [0.25, 0.3) is 11.5 Å². The number of fused-ring (bicyclic) bond motifs is 3. The number of ether oxygens (including phenoxy) is 1. The van der Waals surface area contributed by atoms with Crippen LogP contribution in [0, 0.1) is 0 Å². The standard InChI is InChI=1S/C29H31ClN6O5/c1-33-23-9-8-18(26(37)34-11-13-41-14-12-34)15-21(23)24-25(27(33)38)36(16-19-5-2-3-7-22(19)30)28(32-24)35-10-4-6-20(17-35)31-29(39)40/h2-3,5,7-9,15,20,31H,4,6,10-14,16-17H2,1H3,(H,39,40)/t20-/m1/s1. The summed E-state index contributed by atoms with van der Waals surface area (Å²) in [7, 11) is 1.72. The van der Waals surface area contributed by atoms with Crippen molar-refractivity contribution in [2.75, 3.05) is 44.3 Å². The topological polar surface area (TPSA) is 122 Å². The van der Waals surface area contributed by atoms with Crippen LogP contribution in [-0.4, -0.2) is 81.6 Å². The molecule has 4 aromatic rings. The molecule has 0 radical (unpaired) electrons. The van der Waals surface area contributed by atoms with Crippen molar-refractivity contribution in [1.29, 1.82) is 0 Å². The number of imidazole rings is 1. The first-order valence-corrected chi connectivity index (χ1v) is 14.1. The minimum absolute atomic E-state index is 0.0912. The molecule has 2 aliphatic rings. The Morgan fingerprint density at radius 2 is 1.93 bits per heavy atom. The molecule has 12 heteroatoms. The number of benzene rings is 2. The zero-order chi connectivity index (χ0) is 28.7. The molecule has 2 amide bonds. The Balaban J connectivity index is 1.54. The van der Waals surface area contributed by atoms with Gasteiger partial charge in [-0.05, 0) is 42.7 Å². The van der Waals surface area contributed by atoms with E-state index in [0.29, 0.717) is 90.8 Å². The molecule has 0 spiro atoms. The van der Waals surface area contributed by atoms with E-state index in [0.717, 1.165) is 12.0 Å². The van der Waals surface area contributed by atoms with Crippen molar-refractivity contribution < 1.29 is 19.4 Å². The Hall–Kier alpha value is -4.09. The number of hydrogen-bond donors (Lipinski definition) is 2. The molecule has 2 N–H and O–H groups in total. The third-order valence-corrected chi connectivity index (χ3v) is 8.30. The number of aryl methyl sites for hydroxylation is 1. The number of nitrogens with one attached hydrogen (secondary N) is 1. The third kappa shape index (κ3) is 5.11. The SMILES string of the molecule is Cn1c(=O)c2c(nc(N3CCC[C@@H](NC(=O)O)C3)n2Cc2ccccc2Cl)c2cc(C(=O)N3CCOCC3)ccc21. The number of anilines is 1. The maximum Gasteiger partial charge on any atom is 0.404 e. The summed E-state index contributed by atoms with van der Waals surface area (Å²) in [5.74, 6) is 0.470. The minimum Gasteiger partial charge on any atom is -0.465 e. The fourth-order valence-corrected chi connectivity index (χ4v) is 6.05. The molecule has 0 aliphatic carbocycles. The second kappa shape index (κ2) is 11.1. The van der Waals surface area contributed by atoms with E-state index in [2.05, 4.69) is 5.32 Å². The van der Waals surface area contributed by atoms with Gasteiger partial charge in [-0.3, -0.25) is 9.59 Å². The predicted molar refractivity (Wildman–Crippen MR) is 156 cm³/mol. The van der Waals surface area contributed by atoms with Gasteiger partial charge in [0, 0.05) is 55.2 Å². The van der Waals surface area contributed by atoms with Gasteiger partial charge in [0.05, 0.1) is 25.3 Å². The second-order valence-electron chi connectivity index (χ2n) is 10.5. The number of halogens is 1. The van der Waals surface area contributed by atoms with Gasteiger partial charge in [-0.15, -0.1) is 0 Å². The van der Waals surface area contributed by atoms with Gasteiger partial charge in [-0.1, -0.05) is 29.8 Å². The number of carboxylic acid groups (broad SMARTS) is 1. The van der Waals surface area contributed by atoms with E-state index in [4.69, 9.17) is 21.3 Å². The Morgan fingerprint density at radius 1 is 1.15 bits per heavy atom. The zero-order valence-electron chi connectivity index (χ0n) is 22.7. The van der Waals surface area contributed by atoms with Crippen LogP contribution in [0.4, 0.5) is 10.7 Å². The number of hydrogen-bond acceptors (Lipinski definition) is 6. The van der Waals surface area contributed by atoms with Gasteiger partial charge in [0.2, 0.25) is 5.95 Å². The molecule has 2 fully saturated rings. The molecular formula is C29H31ClN6O5. The largest absolute Gasteiger partial charge is 0.465 e. The summed E-state index contributed by atoms with van der Waals surface area (Å²) in [6.45, 7) is 3.42. The molecule has 0 saturated carbocycles. The summed E-state index contributed by atoms with van der Waals surface area (Å²) in [4.78, 5) is 47.4. The summed E-state index contributed by atoms with van der Waals surface area (Å²) in [5, 5.41) is 13.2. The number of aromatic nitrogens is 3. The molecule has 2 aromatic heterocycles. The van der Waals surface area contributed by atoms with E-state index >= 15 is 0 Å². The van der Waals surface area contributed by atoms with E-state index in [9.17, 15) is 19.5 Å². The first-order valence-electron chi connectivity index (χ1n) is 13.7. The van der Waals surface area contributed by atoms with E-state index < -0.39 is 6.09 Å². The smallest absolute Gasteiger partial charge is 0.404 e. The molecule has 2 aromatic carbocycles. The lowest BCUT2D eigenvalue weighted by atomic mass is 10.1. The first kappa shape index (κ1) is 27.1. The first-order chi connectivity index (χ1) is 19.8. The van der Waals surface area contributed by atoms with Crippen LogP contribution in [0.2, 0.25) is 5.02 Å². The van der Waals surface area contributed by atoms with Crippen molar-refractivity contribution in [2.45, 2.75) is 25.4 Å². The summed E-state index contributed by atoms with van der Waals surface area (Å²) in [6.07, 6.45) is 0.404. The van der Waals surface area contributed by atoms with Gasteiger partial charge in [-0.25, -0.2) is 9.78 Å². The highest BCUT2D eigenvalue weighted by Gasteiger charge is 2.28. The lowest BCUT2D eigenvalue weighted by Gasteiger charge is -2.33. The molecule has 41 heavy (non-hydrogen) atoms. The average molecular weight is 579 g/mol. The van der Waals surface area contributed by atoms with Crippen LogP contribution in [0.1, 0.15) is 28.8 Å². The Kier molecular flexibility index (Phi) is 7.31. The number of rotatable bonds is 5. The number of nitrogens with zero attached hydrogens (tertiary/aromatic N) is 5. The van der Waals surface area contributed by atoms with Crippen LogP contribution in [0.15, 0.2) is 47.3 Å². The molecular weight excluding hydrogens is 548 g/mol. The summed E-state index contributed by atoms with van der Waals surface area (Å²) in [5.41, 5.74) is 2.69. The van der Waals surface area contributed by atoms with Crippen LogP contribution in [0.25, 0.3) is 21.9 Å². The number of carbonyl (C=O) groups is 2. The van der Waals surface area contributed by atoms with Crippen molar-refractivity contribution in [3.05, 3.63) is 69.0 Å². The monoisotopic (exact) mass is 578 g/mol.